The number of carbonyl (C=O) groups excluding carboxylic acids is 1. The standard InChI is InChI=1S/C24H29FN4O2/c1-4-14-29(18(3)24(30)26-20-9-6-5-7-10-20)15-8-11-22-27-23(28-31-22)19-13-12-17(2)21(25)16-19/h5-7,9-10,12-13,16,18H,4,8,11,14-15H2,1-3H3,(H,26,30). The average molecular weight is 425 g/mol. The number of anilines is 1. The number of para-hydroxylation sites is 1. The van der Waals surface area contributed by atoms with Gasteiger partial charge in [-0.3, -0.25) is 9.69 Å². The van der Waals surface area contributed by atoms with Crippen LogP contribution in [0.1, 0.15) is 38.1 Å². The van der Waals surface area contributed by atoms with E-state index in [-0.39, 0.29) is 17.8 Å². The molecule has 0 aliphatic carbocycles. The van der Waals surface area contributed by atoms with E-state index < -0.39 is 0 Å². The van der Waals surface area contributed by atoms with Gasteiger partial charge in [-0.1, -0.05) is 42.4 Å². The first kappa shape index (κ1) is 22.6. The lowest BCUT2D eigenvalue weighted by Gasteiger charge is -2.27. The van der Waals surface area contributed by atoms with Gasteiger partial charge in [-0.15, -0.1) is 0 Å². The molecule has 164 valence electrons. The molecular weight excluding hydrogens is 395 g/mol. The fraction of sp³-hybridized carbons (Fsp3) is 0.375. The summed E-state index contributed by atoms with van der Waals surface area (Å²) in [5, 5.41) is 6.94. The second kappa shape index (κ2) is 10.8. The maximum absolute atomic E-state index is 13.8. The van der Waals surface area contributed by atoms with E-state index in [1.165, 1.54) is 6.07 Å². The molecule has 3 rings (SSSR count). The molecule has 3 aromatic rings. The van der Waals surface area contributed by atoms with Crippen molar-refractivity contribution in [3.05, 3.63) is 65.8 Å². The van der Waals surface area contributed by atoms with Crippen molar-refractivity contribution in [2.24, 2.45) is 0 Å². The van der Waals surface area contributed by atoms with Crippen molar-refractivity contribution in [3.63, 3.8) is 0 Å². The highest BCUT2D eigenvalue weighted by molar-refractivity contribution is 5.94. The number of hydrogen-bond donors (Lipinski definition) is 1. The molecule has 2 aromatic carbocycles. The zero-order chi connectivity index (χ0) is 22.2. The van der Waals surface area contributed by atoms with Gasteiger partial charge in [-0.05, 0) is 63.5 Å². The Morgan fingerprint density at radius 3 is 2.68 bits per heavy atom. The maximum atomic E-state index is 13.8. The van der Waals surface area contributed by atoms with Crippen LogP contribution in [0.25, 0.3) is 11.4 Å². The highest BCUT2D eigenvalue weighted by atomic mass is 19.1. The van der Waals surface area contributed by atoms with Crippen molar-refractivity contribution in [3.8, 4) is 11.4 Å². The number of nitrogens with zero attached hydrogens (tertiary/aromatic N) is 3. The van der Waals surface area contributed by atoms with Gasteiger partial charge in [0.2, 0.25) is 17.6 Å². The van der Waals surface area contributed by atoms with Crippen molar-refractivity contribution < 1.29 is 13.7 Å². The van der Waals surface area contributed by atoms with Crippen molar-refractivity contribution in [2.75, 3.05) is 18.4 Å². The zero-order valence-corrected chi connectivity index (χ0v) is 18.3. The van der Waals surface area contributed by atoms with Crippen LogP contribution >= 0.6 is 0 Å². The monoisotopic (exact) mass is 424 g/mol. The van der Waals surface area contributed by atoms with Crippen LogP contribution in [0.5, 0.6) is 0 Å². The Labute approximate surface area is 182 Å². The molecule has 0 saturated heterocycles. The minimum Gasteiger partial charge on any atom is -0.339 e. The quantitative estimate of drug-likeness (QED) is 0.503. The van der Waals surface area contributed by atoms with Crippen LogP contribution in [0.3, 0.4) is 0 Å². The van der Waals surface area contributed by atoms with Crippen LogP contribution in [0.15, 0.2) is 53.1 Å². The molecule has 1 heterocycles. The Hall–Kier alpha value is -3.06. The van der Waals surface area contributed by atoms with Crippen LogP contribution in [-0.2, 0) is 11.2 Å². The van der Waals surface area contributed by atoms with Crippen LogP contribution in [0.2, 0.25) is 0 Å². The van der Waals surface area contributed by atoms with Gasteiger partial charge < -0.3 is 9.84 Å². The summed E-state index contributed by atoms with van der Waals surface area (Å²) in [6.07, 6.45) is 2.31. The van der Waals surface area contributed by atoms with Crippen LogP contribution in [0.4, 0.5) is 10.1 Å². The average Bonchev–Trinajstić information content (AvgIpc) is 3.24. The third kappa shape index (κ3) is 6.21. The third-order valence-electron chi connectivity index (χ3n) is 5.21. The molecule has 0 spiro atoms. The molecule has 0 radical (unpaired) electrons. The summed E-state index contributed by atoms with van der Waals surface area (Å²) < 4.78 is 19.1. The molecule has 6 nitrogen and oxygen atoms in total. The van der Waals surface area contributed by atoms with E-state index in [0.717, 1.165) is 31.6 Å². The smallest absolute Gasteiger partial charge is 0.241 e. The van der Waals surface area contributed by atoms with Gasteiger partial charge in [0.1, 0.15) is 5.82 Å². The molecular formula is C24H29FN4O2. The van der Waals surface area contributed by atoms with Crippen molar-refractivity contribution in [1.82, 2.24) is 15.0 Å². The lowest BCUT2D eigenvalue weighted by molar-refractivity contribution is -0.120. The van der Waals surface area contributed by atoms with E-state index in [4.69, 9.17) is 4.52 Å². The molecule has 0 bridgehead atoms. The van der Waals surface area contributed by atoms with Crippen LogP contribution < -0.4 is 5.32 Å². The minimum absolute atomic E-state index is 0.0267. The van der Waals surface area contributed by atoms with E-state index in [9.17, 15) is 9.18 Å². The molecule has 1 N–H and O–H groups in total. The van der Waals surface area contributed by atoms with E-state index in [2.05, 4.69) is 27.3 Å². The first-order chi connectivity index (χ1) is 15.0. The Balaban J connectivity index is 1.55. The summed E-state index contributed by atoms with van der Waals surface area (Å²) in [6.45, 7) is 7.28. The van der Waals surface area contributed by atoms with Crippen molar-refractivity contribution in [2.45, 2.75) is 46.1 Å². The summed E-state index contributed by atoms with van der Waals surface area (Å²) in [6, 6.07) is 14.1. The molecule has 1 amide bonds. The van der Waals surface area contributed by atoms with Gasteiger partial charge in [-0.2, -0.15) is 4.98 Å². The van der Waals surface area contributed by atoms with Crippen LogP contribution in [0, 0.1) is 12.7 Å². The predicted molar refractivity (Wildman–Crippen MR) is 119 cm³/mol. The number of rotatable bonds is 10. The van der Waals surface area contributed by atoms with E-state index in [1.54, 1.807) is 19.1 Å². The van der Waals surface area contributed by atoms with Gasteiger partial charge in [-0.25, -0.2) is 4.39 Å². The molecule has 0 aliphatic heterocycles. The number of nitrogens with one attached hydrogen (secondary N) is 1. The summed E-state index contributed by atoms with van der Waals surface area (Å²) in [5.74, 6) is 0.576. The highest BCUT2D eigenvalue weighted by Crippen LogP contribution is 2.19. The van der Waals surface area contributed by atoms with E-state index >= 15 is 0 Å². The molecule has 0 aliphatic rings. The van der Waals surface area contributed by atoms with E-state index in [0.29, 0.717) is 29.3 Å². The zero-order valence-electron chi connectivity index (χ0n) is 18.3. The SMILES string of the molecule is CCCN(CCCc1nc(-c2ccc(C)c(F)c2)no1)C(C)C(=O)Nc1ccccc1. The van der Waals surface area contributed by atoms with Crippen LogP contribution in [-0.4, -0.2) is 40.1 Å². The summed E-state index contributed by atoms with van der Waals surface area (Å²) >= 11 is 0. The molecule has 0 saturated carbocycles. The normalized spacial score (nSPS) is 12.2. The second-order valence-corrected chi connectivity index (χ2v) is 7.65. The predicted octanol–water partition coefficient (Wildman–Crippen LogP) is 4.86. The van der Waals surface area contributed by atoms with Gasteiger partial charge in [0, 0.05) is 17.7 Å². The number of amides is 1. The van der Waals surface area contributed by atoms with Gasteiger partial charge in [0.05, 0.1) is 6.04 Å². The third-order valence-corrected chi connectivity index (χ3v) is 5.21. The Morgan fingerprint density at radius 1 is 1.19 bits per heavy atom. The number of hydrogen-bond acceptors (Lipinski definition) is 5. The second-order valence-electron chi connectivity index (χ2n) is 7.65. The topological polar surface area (TPSA) is 71.3 Å². The number of halogens is 1. The molecule has 1 unspecified atom stereocenters. The number of aromatic nitrogens is 2. The first-order valence-corrected chi connectivity index (χ1v) is 10.7. The minimum atomic E-state index is -0.290. The lowest BCUT2D eigenvalue weighted by Crippen LogP contribution is -2.43. The lowest BCUT2D eigenvalue weighted by atomic mass is 10.1. The Morgan fingerprint density at radius 2 is 1.97 bits per heavy atom. The molecule has 0 fully saturated rings. The molecule has 7 heteroatoms. The fourth-order valence-corrected chi connectivity index (χ4v) is 3.36. The van der Waals surface area contributed by atoms with Gasteiger partial charge in [0.25, 0.3) is 0 Å². The van der Waals surface area contributed by atoms with Gasteiger partial charge >= 0.3 is 0 Å². The molecule has 1 aromatic heterocycles. The molecule has 31 heavy (non-hydrogen) atoms. The number of carbonyl (C=O) groups is 1. The maximum Gasteiger partial charge on any atom is 0.241 e. The van der Waals surface area contributed by atoms with Gasteiger partial charge in [0.15, 0.2) is 0 Å². The summed E-state index contributed by atoms with van der Waals surface area (Å²) in [7, 11) is 0. The van der Waals surface area contributed by atoms with Crippen molar-refractivity contribution in [1.29, 1.82) is 0 Å². The Kier molecular flexibility index (Phi) is 7.89. The number of aryl methyl sites for hydroxylation is 2. The molecule has 1 atom stereocenters. The highest BCUT2D eigenvalue weighted by Gasteiger charge is 2.21. The Bertz CT molecular complexity index is 990. The first-order valence-electron chi connectivity index (χ1n) is 10.7. The van der Waals surface area contributed by atoms with Crippen molar-refractivity contribution >= 4 is 11.6 Å². The fourth-order valence-electron chi connectivity index (χ4n) is 3.36. The summed E-state index contributed by atoms with van der Waals surface area (Å²) in [5.41, 5.74) is 1.97. The summed E-state index contributed by atoms with van der Waals surface area (Å²) in [4.78, 5) is 19.2. The van der Waals surface area contributed by atoms with E-state index in [1.807, 2.05) is 37.3 Å². The largest absolute Gasteiger partial charge is 0.339 e. The number of benzene rings is 2.